The summed E-state index contributed by atoms with van der Waals surface area (Å²) in [5.74, 6) is -0.0756. The summed E-state index contributed by atoms with van der Waals surface area (Å²) in [6.07, 6.45) is 0. The van der Waals surface area contributed by atoms with Crippen LogP contribution in [0.5, 0.6) is 0 Å². The smallest absolute Gasteiger partial charge is 0.290 e. The highest BCUT2D eigenvalue weighted by atomic mass is 16.5. The highest BCUT2D eigenvalue weighted by molar-refractivity contribution is 5.84. The summed E-state index contributed by atoms with van der Waals surface area (Å²) in [6.45, 7) is 5.35. The van der Waals surface area contributed by atoms with Gasteiger partial charge in [0.2, 0.25) is 17.7 Å². The maximum atomic E-state index is 12.5. The quantitative estimate of drug-likeness (QED) is 0.328. The van der Waals surface area contributed by atoms with Crippen molar-refractivity contribution >= 4 is 24.2 Å². The maximum Gasteiger partial charge on any atom is 0.290 e. The summed E-state index contributed by atoms with van der Waals surface area (Å²) in [7, 11) is 5.61. The van der Waals surface area contributed by atoms with Crippen LogP contribution in [-0.4, -0.2) is 124 Å². The molecule has 2 rings (SSSR count). The number of nitrogens with zero attached hydrogens (tertiary/aromatic N) is 3. The second-order valence-corrected chi connectivity index (χ2v) is 7.91. The molecule has 0 aliphatic carbocycles. The number of amides is 3. The molecule has 2 saturated heterocycles. The molecular weight excluding hydrogens is 396 g/mol. The molecule has 0 aromatic heterocycles. The lowest BCUT2D eigenvalue weighted by Crippen LogP contribution is -2.45. The zero-order chi connectivity index (χ0) is 22.7. The van der Waals surface area contributed by atoms with Gasteiger partial charge in [-0.3, -0.25) is 19.2 Å². The number of carboxylic acid groups (broad SMARTS) is 1. The number of hydrogen-bond acceptors (Lipinski definition) is 7. The molecule has 0 bridgehead atoms. The van der Waals surface area contributed by atoms with Crippen LogP contribution in [-0.2, 0) is 28.7 Å². The van der Waals surface area contributed by atoms with Gasteiger partial charge in [-0.15, -0.1) is 0 Å². The van der Waals surface area contributed by atoms with Crippen molar-refractivity contribution in [2.75, 3.05) is 80.3 Å². The molecule has 0 spiro atoms. The number of carbonyl (C=O) groups excluding carboxylic acids is 3. The number of methoxy groups -OCH3 is 1. The number of nitrogens with one attached hydrogen (secondary N) is 1. The average Bonchev–Trinajstić information content (AvgIpc) is 3.17. The van der Waals surface area contributed by atoms with Gasteiger partial charge in [0.25, 0.3) is 6.47 Å². The second kappa shape index (κ2) is 12.5. The molecule has 2 aliphatic heterocycles. The van der Waals surface area contributed by atoms with E-state index in [1.165, 1.54) is 6.92 Å². The second-order valence-electron chi connectivity index (χ2n) is 7.91. The summed E-state index contributed by atoms with van der Waals surface area (Å²) >= 11 is 0. The molecule has 30 heavy (non-hydrogen) atoms. The van der Waals surface area contributed by atoms with Gasteiger partial charge in [0.1, 0.15) is 6.61 Å². The summed E-state index contributed by atoms with van der Waals surface area (Å²) in [5.41, 5.74) is -0.141. The van der Waals surface area contributed by atoms with Crippen LogP contribution < -0.4 is 5.32 Å². The van der Waals surface area contributed by atoms with Gasteiger partial charge in [-0.1, -0.05) is 0 Å². The van der Waals surface area contributed by atoms with Gasteiger partial charge in [-0.25, -0.2) is 0 Å². The number of hydrogen-bond donors (Lipinski definition) is 2. The van der Waals surface area contributed by atoms with E-state index in [1.54, 1.807) is 7.11 Å². The zero-order valence-electron chi connectivity index (χ0n) is 18.3. The van der Waals surface area contributed by atoms with Crippen LogP contribution in [0, 0.1) is 11.3 Å². The van der Waals surface area contributed by atoms with E-state index in [-0.39, 0.29) is 48.7 Å². The molecule has 3 amide bonds. The van der Waals surface area contributed by atoms with Gasteiger partial charge in [0.15, 0.2) is 0 Å². The Morgan fingerprint density at radius 1 is 1.17 bits per heavy atom. The molecule has 11 heteroatoms. The van der Waals surface area contributed by atoms with Crippen molar-refractivity contribution in [1.29, 1.82) is 0 Å². The van der Waals surface area contributed by atoms with Gasteiger partial charge >= 0.3 is 0 Å². The highest BCUT2D eigenvalue weighted by Gasteiger charge is 2.54. The van der Waals surface area contributed by atoms with Crippen molar-refractivity contribution in [2.45, 2.75) is 6.92 Å². The Morgan fingerprint density at radius 2 is 1.73 bits per heavy atom. The molecule has 0 aromatic rings. The number of fused-ring (bicyclic) bond motifs is 1. The molecule has 0 aromatic carbocycles. The van der Waals surface area contributed by atoms with Crippen LogP contribution in [0.25, 0.3) is 0 Å². The fraction of sp³-hybridized carbons (Fsp3) is 0.789. The fourth-order valence-electron chi connectivity index (χ4n) is 4.12. The monoisotopic (exact) mass is 430 g/mol. The third kappa shape index (κ3) is 7.54. The van der Waals surface area contributed by atoms with Gasteiger partial charge in [0, 0.05) is 58.1 Å². The van der Waals surface area contributed by atoms with E-state index >= 15 is 0 Å². The number of carbonyl (C=O) groups is 4. The molecular formula is C19H34N4O7. The van der Waals surface area contributed by atoms with E-state index in [0.717, 1.165) is 6.54 Å². The molecule has 0 saturated carbocycles. The van der Waals surface area contributed by atoms with E-state index < -0.39 is 0 Å². The third-order valence-electron chi connectivity index (χ3n) is 5.24. The van der Waals surface area contributed by atoms with Crippen LogP contribution in [0.4, 0.5) is 0 Å². The van der Waals surface area contributed by atoms with Crippen molar-refractivity contribution in [3.05, 3.63) is 0 Å². The Kier molecular flexibility index (Phi) is 10.7. The minimum absolute atomic E-state index is 0.0187. The fourth-order valence-corrected chi connectivity index (χ4v) is 4.12. The number of ether oxygens (including phenoxy) is 2. The largest absolute Gasteiger partial charge is 0.483 e. The van der Waals surface area contributed by atoms with Gasteiger partial charge in [-0.05, 0) is 14.1 Å². The first-order valence-electron chi connectivity index (χ1n) is 9.78. The van der Waals surface area contributed by atoms with E-state index in [4.69, 9.17) is 19.4 Å². The van der Waals surface area contributed by atoms with E-state index in [0.29, 0.717) is 39.4 Å². The minimum atomic E-state index is -0.250. The lowest BCUT2D eigenvalue weighted by Gasteiger charge is -2.32. The van der Waals surface area contributed by atoms with Crippen LogP contribution in [0.15, 0.2) is 0 Å². The minimum Gasteiger partial charge on any atom is -0.483 e. The Hall–Kier alpha value is -2.24. The molecule has 2 atom stereocenters. The molecule has 2 aliphatic rings. The Bertz CT molecular complexity index is 601. The van der Waals surface area contributed by atoms with Crippen molar-refractivity contribution in [2.24, 2.45) is 11.3 Å². The van der Waals surface area contributed by atoms with Crippen LogP contribution >= 0.6 is 0 Å². The average molecular weight is 431 g/mol. The van der Waals surface area contributed by atoms with E-state index in [9.17, 15) is 14.4 Å². The van der Waals surface area contributed by atoms with Crippen LogP contribution in [0.2, 0.25) is 0 Å². The maximum absolute atomic E-state index is 12.5. The Balaban J connectivity index is 0.00000141. The standard InChI is InChI=1S/C18H32N4O5.CH2O2/c1-14(23)19-7-16(24)21-8-15-9-22(17(25)10-27-6-5-26-4)13-18(15,12-21)11-20(2)3;2-1-3/h15H,5-13H2,1-4H3,(H,19,23);1H,(H,2,3). The normalized spacial score (nSPS) is 22.4. The molecule has 2 fully saturated rings. The number of likely N-dealkylation sites (tertiary alicyclic amines) is 2. The predicted molar refractivity (Wildman–Crippen MR) is 108 cm³/mol. The molecule has 2 heterocycles. The SMILES string of the molecule is COCCOCC(=O)N1CC2CN(C(=O)CNC(C)=O)CC2(CN(C)C)C1.O=CO. The first kappa shape index (κ1) is 25.8. The highest BCUT2D eigenvalue weighted by Crippen LogP contribution is 2.43. The van der Waals surface area contributed by atoms with Crippen LogP contribution in [0.1, 0.15) is 6.92 Å². The summed E-state index contributed by atoms with van der Waals surface area (Å²) < 4.78 is 10.3. The van der Waals surface area contributed by atoms with Gasteiger partial charge in [-0.2, -0.15) is 0 Å². The van der Waals surface area contributed by atoms with E-state index in [2.05, 4.69) is 10.2 Å². The third-order valence-corrected chi connectivity index (χ3v) is 5.24. The van der Waals surface area contributed by atoms with Crippen molar-refractivity contribution in [3.63, 3.8) is 0 Å². The van der Waals surface area contributed by atoms with Crippen LogP contribution in [0.3, 0.4) is 0 Å². The molecule has 2 unspecified atom stereocenters. The molecule has 0 radical (unpaired) electrons. The van der Waals surface area contributed by atoms with Crippen molar-refractivity contribution in [3.8, 4) is 0 Å². The number of rotatable bonds is 9. The van der Waals surface area contributed by atoms with Crippen molar-refractivity contribution < 1.29 is 33.8 Å². The van der Waals surface area contributed by atoms with Gasteiger partial charge in [0.05, 0.1) is 19.8 Å². The first-order chi connectivity index (χ1) is 14.2. The summed E-state index contributed by atoms with van der Waals surface area (Å²) in [6, 6.07) is 0. The lowest BCUT2D eigenvalue weighted by molar-refractivity contribution is -0.136. The van der Waals surface area contributed by atoms with Gasteiger partial charge < -0.3 is 34.6 Å². The summed E-state index contributed by atoms with van der Waals surface area (Å²) in [5, 5.41) is 9.46. The Labute approximate surface area is 177 Å². The summed E-state index contributed by atoms with van der Waals surface area (Å²) in [4.78, 5) is 50.1. The lowest BCUT2D eigenvalue weighted by atomic mass is 9.80. The zero-order valence-corrected chi connectivity index (χ0v) is 18.3. The first-order valence-corrected chi connectivity index (χ1v) is 9.78. The van der Waals surface area contributed by atoms with E-state index in [1.807, 2.05) is 23.9 Å². The predicted octanol–water partition coefficient (Wildman–Crippen LogP) is -1.67. The molecule has 11 nitrogen and oxygen atoms in total. The molecule has 2 N–H and O–H groups in total. The topological polar surface area (TPSA) is 129 Å². The van der Waals surface area contributed by atoms with Crippen molar-refractivity contribution in [1.82, 2.24) is 20.0 Å². The Morgan fingerprint density at radius 3 is 2.23 bits per heavy atom. The molecule has 172 valence electrons.